The number of methoxy groups -OCH3 is 1. The summed E-state index contributed by atoms with van der Waals surface area (Å²) in [5.74, 6) is -1.34. The van der Waals surface area contributed by atoms with Crippen LogP contribution in [0.3, 0.4) is 0 Å². The number of carbonyl (C=O) groups excluding carboxylic acids is 2. The van der Waals surface area contributed by atoms with E-state index in [0.29, 0.717) is 16.8 Å². The lowest BCUT2D eigenvalue weighted by Crippen LogP contribution is -2.43. The molecule has 0 bridgehead atoms. The summed E-state index contributed by atoms with van der Waals surface area (Å²) in [6.07, 6.45) is 1.65. The van der Waals surface area contributed by atoms with Gasteiger partial charge in [0, 0.05) is 19.2 Å². The summed E-state index contributed by atoms with van der Waals surface area (Å²) in [4.78, 5) is 24.2. The molecule has 0 spiro atoms. The number of benzene rings is 1. The number of rotatable bonds is 5. The van der Waals surface area contributed by atoms with E-state index in [4.69, 9.17) is 4.74 Å². The average Bonchev–Trinajstić information content (AvgIpc) is 2.87. The molecular weight excluding hydrogens is 301 g/mol. The van der Waals surface area contributed by atoms with Gasteiger partial charge in [0.15, 0.2) is 0 Å². The molecule has 6 nitrogen and oxygen atoms in total. The molecule has 0 fully saturated rings. The standard InChI is InChI=1S/C16H18FN3O3/c1-10-13(9-18-20(10)2)15(21)19-14(16(22)23-3)8-11-4-6-12(17)7-5-11/h4-7,9,14H,8H2,1-3H3,(H,19,21)/t14-/m1/s1. The minimum atomic E-state index is -0.863. The number of amides is 1. The van der Waals surface area contributed by atoms with Crippen LogP contribution in [0.2, 0.25) is 0 Å². The molecule has 23 heavy (non-hydrogen) atoms. The van der Waals surface area contributed by atoms with E-state index >= 15 is 0 Å². The van der Waals surface area contributed by atoms with Crippen LogP contribution in [0, 0.1) is 12.7 Å². The summed E-state index contributed by atoms with van der Waals surface area (Å²) >= 11 is 0. The third kappa shape index (κ3) is 3.94. The lowest BCUT2D eigenvalue weighted by Gasteiger charge is -2.16. The number of hydrogen-bond acceptors (Lipinski definition) is 4. The number of hydrogen-bond donors (Lipinski definition) is 1. The van der Waals surface area contributed by atoms with Gasteiger partial charge in [0.2, 0.25) is 0 Å². The molecule has 0 aliphatic rings. The molecule has 0 unspecified atom stereocenters. The summed E-state index contributed by atoms with van der Waals surface area (Å²) in [6.45, 7) is 1.76. The third-order valence-corrected chi connectivity index (χ3v) is 3.62. The molecule has 1 atom stereocenters. The molecule has 0 saturated carbocycles. The monoisotopic (exact) mass is 319 g/mol. The van der Waals surface area contributed by atoms with Crippen LogP contribution in [0.15, 0.2) is 30.5 Å². The highest BCUT2D eigenvalue weighted by Crippen LogP contribution is 2.10. The molecule has 0 saturated heterocycles. The van der Waals surface area contributed by atoms with Crippen molar-refractivity contribution in [2.24, 2.45) is 7.05 Å². The summed E-state index contributed by atoms with van der Waals surface area (Å²) in [5, 5.41) is 6.64. The Morgan fingerprint density at radius 1 is 1.35 bits per heavy atom. The molecule has 0 aliphatic carbocycles. The number of aromatic nitrogens is 2. The predicted molar refractivity (Wildman–Crippen MR) is 81.3 cm³/mol. The zero-order chi connectivity index (χ0) is 17.0. The van der Waals surface area contributed by atoms with Crippen molar-refractivity contribution >= 4 is 11.9 Å². The van der Waals surface area contributed by atoms with Crippen molar-refractivity contribution in [3.8, 4) is 0 Å². The van der Waals surface area contributed by atoms with E-state index in [2.05, 4.69) is 10.4 Å². The first-order valence-corrected chi connectivity index (χ1v) is 7.04. The Kier molecular flexibility index (Phi) is 5.10. The molecule has 7 heteroatoms. The van der Waals surface area contributed by atoms with Crippen molar-refractivity contribution in [1.82, 2.24) is 15.1 Å². The Bertz CT molecular complexity index is 710. The first-order valence-electron chi connectivity index (χ1n) is 7.04. The van der Waals surface area contributed by atoms with Crippen LogP contribution in [-0.4, -0.2) is 34.8 Å². The maximum absolute atomic E-state index is 13.0. The smallest absolute Gasteiger partial charge is 0.328 e. The van der Waals surface area contributed by atoms with Crippen molar-refractivity contribution in [2.45, 2.75) is 19.4 Å². The highest BCUT2D eigenvalue weighted by molar-refractivity contribution is 5.97. The molecule has 0 aliphatic heterocycles. The van der Waals surface area contributed by atoms with Gasteiger partial charge in [-0.1, -0.05) is 12.1 Å². The number of aryl methyl sites for hydroxylation is 1. The molecule has 122 valence electrons. The van der Waals surface area contributed by atoms with Crippen LogP contribution < -0.4 is 5.32 Å². The number of nitrogens with zero attached hydrogens (tertiary/aromatic N) is 2. The fourth-order valence-corrected chi connectivity index (χ4v) is 2.15. The Labute approximate surface area is 133 Å². The van der Waals surface area contributed by atoms with Crippen molar-refractivity contribution in [2.75, 3.05) is 7.11 Å². The molecule has 1 aromatic heterocycles. The number of halogens is 1. The van der Waals surface area contributed by atoms with Gasteiger partial charge in [0.05, 0.1) is 18.9 Å². The van der Waals surface area contributed by atoms with E-state index in [1.54, 1.807) is 30.8 Å². The van der Waals surface area contributed by atoms with Gasteiger partial charge < -0.3 is 10.1 Å². The Hall–Kier alpha value is -2.70. The highest BCUT2D eigenvalue weighted by atomic mass is 19.1. The van der Waals surface area contributed by atoms with E-state index in [1.807, 2.05) is 0 Å². The van der Waals surface area contributed by atoms with Gasteiger partial charge in [0.25, 0.3) is 5.91 Å². The Morgan fingerprint density at radius 2 is 2.00 bits per heavy atom. The zero-order valence-corrected chi connectivity index (χ0v) is 13.2. The minimum Gasteiger partial charge on any atom is -0.467 e. The van der Waals surface area contributed by atoms with Gasteiger partial charge in [-0.3, -0.25) is 9.48 Å². The van der Waals surface area contributed by atoms with Gasteiger partial charge in [0.1, 0.15) is 11.9 Å². The van der Waals surface area contributed by atoms with Crippen molar-refractivity contribution in [3.05, 3.63) is 53.1 Å². The first-order chi connectivity index (χ1) is 10.9. The normalized spacial score (nSPS) is 11.8. The molecule has 2 rings (SSSR count). The van der Waals surface area contributed by atoms with E-state index in [9.17, 15) is 14.0 Å². The van der Waals surface area contributed by atoms with E-state index < -0.39 is 17.9 Å². The second kappa shape index (κ2) is 7.04. The lowest BCUT2D eigenvalue weighted by atomic mass is 10.1. The molecule has 1 amide bonds. The largest absolute Gasteiger partial charge is 0.467 e. The van der Waals surface area contributed by atoms with Crippen molar-refractivity contribution in [3.63, 3.8) is 0 Å². The maximum Gasteiger partial charge on any atom is 0.328 e. The summed E-state index contributed by atoms with van der Waals surface area (Å²) in [5.41, 5.74) is 1.79. The van der Waals surface area contributed by atoms with Gasteiger partial charge in [-0.2, -0.15) is 5.10 Å². The first kappa shape index (κ1) is 16.7. The molecule has 2 aromatic rings. The fourth-order valence-electron chi connectivity index (χ4n) is 2.15. The second-order valence-electron chi connectivity index (χ2n) is 5.15. The summed E-state index contributed by atoms with van der Waals surface area (Å²) < 4.78 is 19.3. The summed E-state index contributed by atoms with van der Waals surface area (Å²) in [7, 11) is 2.98. The van der Waals surface area contributed by atoms with Crippen LogP contribution in [-0.2, 0) is 23.0 Å². The minimum absolute atomic E-state index is 0.206. The molecule has 1 N–H and O–H groups in total. The molecule has 1 heterocycles. The molecule has 0 radical (unpaired) electrons. The van der Waals surface area contributed by atoms with Gasteiger partial charge in [-0.15, -0.1) is 0 Å². The zero-order valence-electron chi connectivity index (χ0n) is 13.2. The number of carbonyl (C=O) groups is 2. The molecule has 1 aromatic carbocycles. The molecular formula is C16H18FN3O3. The third-order valence-electron chi connectivity index (χ3n) is 3.62. The number of esters is 1. The van der Waals surface area contributed by atoms with Crippen LogP contribution in [0.1, 0.15) is 21.6 Å². The van der Waals surface area contributed by atoms with Gasteiger partial charge in [-0.05, 0) is 24.6 Å². The number of ether oxygens (including phenoxy) is 1. The average molecular weight is 319 g/mol. The SMILES string of the molecule is COC(=O)[C@@H](Cc1ccc(F)cc1)NC(=O)c1cnn(C)c1C. The Morgan fingerprint density at radius 3 is 2.52 bits per heavy atom. The number of nitrogens with one attached hydrogen (secondary N) is 1. The van der Waals surface area contributed by atoms with Crippen LogP contribution in [0.5, 0.6) is 0 Å². The quantitative estimate of drug-likeness (QED) is 0.845. The Balaban J connectivity index is 2.15. The highest BCUT2D eigenvalue weighted by Gasteiger charge is 2.24. The van der Waals surface area contributed by atoms with E-state index in [-0.39, 0.29) is 12.2 Å². The topological polar surface area (TPSA) is 73.2 Å². The van der Waals surface area contributed by atoms with Gasteiger partial charge >= 0.3 is 5.97 Å². The second-order valence-corrected chi connectivity index (χ2v) is 5.15. The van der Waals surface area contributed by atoms with Crippen LogP contribution in [0.4, 0.5) is 4.39 Å². The van der Waals surface area contributed by atoms with Crippen molar-refractivity contribution < 1.29 is 18.7 Å². The van der Waals surface area contributed by atoms with Gasteiger partial charge in [-0.25, -0.2) is 9.18 Å². The van der Waals surface area contributed by atoms with E-state index in [1.165, 1.54) is 25.4 Å². The predicted octanol–water partition coefficient (Wildman–Crippen LogP) is 1.38. The lowest BCUT2D eigenvalue weighted by molar-refractivity contribution is -0.142. The maximum atomic E-state index is 13.0. The van der Waals surface area contributed by atoms with Crippen LogP contribution in [0.25, 0.3) is 0 Å². The van der Waals surface area contributed by atoms with Crippen molar-refractivity contribution in [1.29, 1.82) is 0 Å². The van der Waals surface area contributed by atoms with Crippen LogP contribution >= 0.6 is 0 Å². The summed E-state index contributed by atoms with van der Waals surface area (Å²) in [6, 6.07) is 4.87. The van der Waals surface area contributed by atoms with E-state index in [0.717, 1.165) is 0 Å². The fraction of sp³-hybridized carbons (Fsp3) is 0.312.